The van der Waals surface area contributed by atoms with Gasteiger partial charge in [0.2, 0.25) is 11.6 Å². The van der Waals surface area contributed by atoms with Crippen LogP contribution in [0.15, 0.2) is 84.9 Å². The minimum atomic E-state index is -0.769. The first-order valence-corrected chi connectivity index (χ1v) is 22.7. The third-order valence-electron chi connectivity index (χ3n) is 11.0. The summed E-state index contributed by atoms with van der Waals surface area (Å²) in [7, 11) is 0. The summed E-state index contributed by atoms with van der Waals surface area (Å²) in [6.45, 7) is 8.28. The number of ether oxygens (including phenoxy) is 5. The van der Waals surface area contributed by atoms with Crippen LogP contribution in [0.3, 0.4) is 0 Å². The number of hydrogen-bond donors (Lipinski definition) is 4. The average molecular weight is 859 g/mol. The summed E-state index contributed by atoms with van der Waals surface area (Å²) in [6.07, 6.45) is 15.8. The maximum absolute atomic E-state index is 14.7. The number of unbranched alkanes of at least 4 members (excludes halogenated alkanes) is 11. The number of hydrogen-bond acceptors (Lipinski definition) is 11. The lowest BCUT2D eigenvalue weighted by Gasteiger charge is -2.25. The van der Waals surface area contributed by atoms with Crippen LogP contribution in [0.2, 0.25) is 0 Å². The fraction of sp³-hybridized carbons (Fsp3) is 0.385. The molecular weight excluding hydrogens is 797 g/mol. The van der Waals surface area contributed by atoms with Crippen molar-refractivity contribution in [1.82, 2.24) is 0 Å². The number of benzene rings is 5. The van der Waals surface area contributed by atoms with Gasteiger partial charge >= 0.3 is 0 Å². The molecule has 334 valence electrons. The number of nitrogens with two attached hydrogens (primary N) is 1. The van der Waals surface area contributed by atoms with Gasteiger partial charge in [-0.25, -0.2) is 0 Å². The Bertz CT molecular complexity index is 2270. The summed E-state index contributed by atoms with van der Waals surface area (Å²) in [5.41, 5.74) is 6.01. The van der Waals surface area contributed by atoms with Crippen molar-refractivity contribution < 1.29 is 43.5 Å². The molecule has 5 N–H and O–H groups in total. The zero-order chi connectivity index (χ0) is 44.6. The summed E-state index contributed by atoms with van der Waals surface area (Å²) in [5.74, 6) is -0.0881. The van der Waals surface area contributed by atoms with Crippen LogP contribution in [0.1, 0.15) is 143 Å². The van der Waals surface area contributed by atoms with Crippen LogP contribution in [0, 0.1) is 0 Å². The number of nitrogen functional groups attached to an aromatic ring is 1. The SMILES string of the molecule is CCCCCCCCOc1ccc(Oc2cc(N)c3c(c2O)C(=O)c2c(Nc4ccc(OCCCC)cc4)cc(Oc4ccc(OCCCCCCCC)cc4)c(O)c2C3=O)cc1. The quantitative estimate of drug-likeness (QED) is 0.0234. The Hall–Kier alpha value is -6.36. The molecule has 5 aromatic carbocycles. The Morgan fingerprint density at radius 1 is 0.460 bits per heavy atom. The minimum absolute atomic E-state index is 0.0803. The van der Waals surface area contributed by atoms with Gasteiger partial charge in [-0.15, -0.1) is 0 Å². The van der Waals surface area contributed by atoms with E-state index in [0.717, 1.165) is 38.5 Å². The van der Waals surface area contributed by atoms with Gasteiger partial charge in [0.05, 0.1) is 47.8 Å². The molecule has 0 fully saturated rings. The first kappa shape index (κ1) is 46.2. The van der Waals surface area contributed by atoms with Crippen LogP contribution < -0.4 is 34.7 Å². The molecule has 0 bridgehead atoms. The second-order valence-electron chi connectivity index (χ2n) is 16.0. The molecule has 1 aliphatic rings. The van der Waals surface area contributed by atoms with Crippen LogP contribution in [0.25, 0.3) is 0 Å². The van der Waals surface area contributed by atoms with Crippen molar-refractivity contribution in [3.8, 4) is 51.7 Å². The van der Waals surface area contributed by atoms with E-state index in [2.05, 4.69) is 26.1 Å². The van der Waals surface area contributed by atoms with Crippen molar-refractivity contribution >= 4 is 28.6 Å². The predicted octanol–water partition coefficient (Wildman–Crippen LogP) is 13.4. The normalized spacial score (nSPS) is 11.8. The molecule has 0 aromatic heterocycles. The van der Waals surface area contributed by atoms with Gasteiger partial charge in [-0.1, -0.05) is 91.4 Å². The van der Waals surface area contributed by atoms with Gasteiger partial charge in [0, 0.05) is 23.5 Å². The highest BCUT2D eigenvalue weighted by Gasteiger charge is 2.40. The van der Waals surface area contributed by atoms with Gasteiger partial charge in [0.25, 0.3) is 0 Å². The maximum Gasteiger partial charge on any atom is 0.200 e. The van der Waals surface area contributed by atoms with Gasteiger partial charge in [-0.05, 0) is 92.1 Å². The molecule has 0 atom stereocenters. The largest absolute Gasteiger partial charge is 0.504 e. The number of carbonyl (C=O) groups is 2. The number of anilines is 3. The molecule has 0 saturated carbocycles. The second kappa shape index (κ2) is 23.2. The Morgan fingerprint density at radius 3 is 1.33 bits per heavy atom. The molecule has 0 saturated heterocycles. The zero-order valence-electron chi connectivity index (χ0n) is 36.9. The Balaban J connectivity index is 1.25. The molecule has 5 aromatic rings. The van der Waals surface area contributed by atoms with Crippen LogP contribution >= 0.6 is 0 Å². The third-order valence-corrected chi connectivity index (χ3v) is 11.0. The number of rotatable bonds is 26. The van der Waals surface area contributed by atoms with Crippen LogP contribution in [-0.2, 0) is 0 Å². The highest BCUT2D eigenvalue weighted by molar-refractivity contribution is 6.34. The van der Waals surface area contributed by atoms with E-state index in [1.54, 1.807) is 72.8 Å². The molecule has 63 heavy (non-hydrogen) atoms. The van der Waals surface area contributed by atoms with Crippen molar-refractivity contribution in [3.63, 3.8) is 0 Å². The van der Waals surface area contributed by atoms with Crippen molar-refractivity contribution in [2.75, 3.05) is 30.9 Å². The van der Waals surface area contributed by atoms with Gasteiger partial charge < -0.3 is 44.9 Å². The van der Waals surface area contributed by atoms with E-state index >= 15 is 0 Å². The summed E-state index contributed by atoms with van der Waals surface area (Å²) in [5, 5.41) is 26.6. The van der Waals surface area contributed by atoms with Crippen LogP contribution in [0.5, 0.6) is 51.7 Å². The molecule has 0 radical (unpaired) electrons. The molecule has 6 rings (SSSR count). The number of aromatic hydroxyl groups is 2. The third kappa shape index (κ3) is 12.2. The molecule has 1 aliphatic carbocycles. The molecule has 11 nitrogen and oxygen atoms in total. The van der Waals surface area contributed by atoms with Crippen molar-refractivity contribution in [2.45, 2.75) is 111 Å². The van der Waals surface area contributed by atoms with Crippen LogP contribution in [0.4, 0.5) is 17.1 Å². The van der Waals surface area contributed by atoms with Gasteiger partial charge in [0.1, 0.15) is 28.7 Å². The standard InChI is InChI=1S/C52H62N2O9/c1-4-7-10-12-14-16-31-60-37-22-26-39(27-23-37)62-43-33-41(53)45-47(49(43)55)52(58)46-42(54-35-18-20-36(21-19-35)59-30-9-6-3)34-44(50(56)48(46)51(45)57)63-40-28-24-38(25-29-40)61-32-17-15-13-11-8-5-2/h18-29,33-34,54-56H,4-17,30-32,53H2,1-3H3. The molecule has 0 aliphatic heterocycles. The molecule has 0 heterocycles. The fourth-order valence-electron chi connectivity index (χ4n) is 7.47. The fourth-order valence-corrected chi connectivity index (χ4v) is 7.47. The lowest BCUT2D eigenvalue weighted by molar-refractivity contribution is 0.0974. The first-order chi connectivity index (χ1) is 30.7. The number of ketones is 2. The predicted molar refractivity (Wildman–Crippen MR) is 248 cm³/mol. The lowest BCUT2D eigenvalue weighted by Crippen LogP contribution is -2.24. The summed E-state index contributed by atoms with van der Waals surface area (Å²) >= 11 is 0. The topological polar surface area (TPSA) is 159 Å². The van der Waals surface area contributed by atoms with Gasteiger partial charge in [-0.3, -0.25) is 9.59 Å². The molecule has 11 heteroatoms. The first-order valence-electron chi connectivity index (χ1n) is 22.7. The molecule has 0 amide bonds. The minimum Gasteiger partial charge on any atom is -0.504 e. The molecular formula is C52H62N2O9. The van der Waals surface area contributed by atoms with E-state index in [1.807, 2.05) is 0 Å². The molecule has 0 unspecified atom stereocenters. The maximum atomic E-state index is 14.7. The van der Waals surface area contributed by atoms with Crippen molar-refractivity contribution in [1.29, 1.82) is 0 Å². The van der Waals surface area contributed by atoms with E-state index in [9.17, 15) is 19.8 Å². The van der Waals surface area contributed by atoms with Gasteiger partial charge in [0.15, 0.2) is 23.0 Å². The Morgan fingerprint density at radius 2 is 0.841 bits per heavy atom. The number of phenolic OH excluding ortho intramolecular Hbond substituents is 2. The average Bonchev–Trinajstić information content (AvgIpc) is 3.28. The second-order valence-corrected chi connectivity index (χ2v) is 16.0. The van der Waals surface area contributed by atoms with Gasteiger partial charge in [-0.2, -0.15) is 0 Å². The number of fused-ring (bicyclic) bond motifs is 2. The lowest BCUT2D eigenvalue weighted by atomic mass is 9.81. The van der Waals surface area contributed by atoms with E-state index in [1.165, 1.54) is 63.5 Å². The molecule has 0 spiro atoms. The number of carbonyl (C=O) groups excluding carboxylic acids is 2. The monoisotopic (exact) mass is 858 g/mol. The Kier molecular flexibility index (Phi) is 17.0. The van der Waals surface area contributed by atoms with Crippen molar-refractivity contribution in [3.05, 3.63) is 107 Å². The van der Waals surface area contributed by atoms with E-state index < -0.39 is 23.1 Å². The van der Waals surface area contributed by atoms with Crippen molar-refractivity contribution in [2.24, 2.45) is 0 Å². The Labute approximate surface area is 371 Å². The number of nitrogens with one attached hydrogen (secondary N) is 1. The highest BCUT2D eigenvalue weighted by Crippen LogP contribution is 2.50. The smallest absolute Gasteiger partial charge is 0.200 e. The van der Waals surface area contributed by atoms with E-state index in [-0.39, 0.29) is 45.1 Å². The van der Waals surface area contributed by atoms with E-state index in [0.29, 0.717) is 54.3 Å². The highest BCUT2D eigenvalue weighted by atomic mass is 16.5. The van der Waals surface area contributed by atoms with Crippen LogP contribution in [-0.4, -0.2) is 41.6 Å². The van der Waals surface area contributed by atoms with E-state index in [4.69, 9.17) is 29.4 Å². The summed E-state index contributed by atoms with van der Waals surface area (Å²) in [6, 6.07) is 23.8. The zero-order valence-corrected chi connectivity index (χ0v) is 36.9. The summed E-state index contributed by atoms with van der Waals surface area (Å²) in [4.78, 5) is 29.1. The number of phenols is 2. The summed E-state index contributed by atoms with van der Waals surface area (Å²) < 4.78 is 29.9.